The van der Waals surface area contributed by atoms with E-state index >= 15 is 0 Å². The number of methoxy groups -OCH3 is 2. The molecule has 0 unspecified atom stereocenters. The van der Waals surface area contributed by atoms with Crippen LogP contribution in [0, 0.1) is 0 Å². The molecule has 1 aromatic carbocycles. The summed E-state index contributed by atoms with van der Waals surface area (Å²) in [6.07, 6.45) is 0.148. The fraction of sp³-hybridized carbons (Fsp3) is 0.538. The van der Waals surface area contributed by atoms with E-state index in [0.717, 1.165) is 12.2 Å². The summed E-state index contributed by atoms with van der Waals surface area (Å²) in [5.74, 6) is 0.844. The molecule has 0 saturated carbocycles. The van der Waals surface area contributed by atoms with Gasteiger partial charge in [0.1, 0.15) is 11.9 Å². The summed E-state index contributed by atoms with van der Waals surface area (Å²) < 4.78 is 15.4. The second kappa shape index (κ2) is 8.06. The summed E-state index contributed by atoms with van der Waals surface area (Å²) in [6.45, 7) is 0.571. The zero-order valence-corrected chi connectivity index (χ0v) is 10.3. The second-order valence-corrected chi connectivity index (χ2v) is 3.71. The van der Waals surface area contributed by atoms with E-state index in [1.807, 2.05) is 30.3 Å². The van der Waals surface area contributed by atoms with Gasteiger partial charge in [0, 0.05) is 14.2 Å². The highest BCUT2D eigenvalue weighted by Gasteiger charge is 2.16. The zero-order chi connectivity index (χ0) is 12.5. The van der Waals surface area contributed by atoms with Gasteiger partial charge in [0.2, 0.25) is 0 Å². The maximum absolute atomic E-state index is 9.70. The molecule has 0 heterocycles. The normalized spacial score (nSPS) is 12.7. The van der Waals surface area contributed by atoms with Crippen molar-refractivity contribution in [1.29, 1.82) is 0 Å². The molecule has 4 nitrogen and oxygen atoms in total. The van der Waals surface area contributed by atoms with Crippen LogP contribution in [0.3, 0.4) is 0 Å². The third-order valence-corrected chi connectivity index (χ3v) is 2.43. The molecule has 0 aliphatic carbocycles. The number of aliphatic hydroxyl groups excluding tert-OH is 1. The van der Waals surface area contributed by atoms with Crippen LogP contribution < -0.4 is 4.74 Å². The lowest BCUT2D eigenvalue weighted by atomic mass is 10.2. The first-order chi connectivity index (χ1) is 8.27. The van der Waals surface area contributed by atoms with Gasteiger partial charge in [-0.2, -0.15) is 0 Å². The van der Waals surface area contributed by atoms with Crippen LogP contribution in [0.4, 0.5) is 0 Å². The smallest absolute Gasteiger partial charge is 0.182 e. The van der Waals surface area contributed by atoms with Crippen molar-refractivity contribution in [2.24, 2.45) is 0 Å². The Hall–Kier alpha value is -1.10. The standard InChI is InChI=1S/C13H20O4/c1-15-13(16-2)12(14)9-6-10-17-11-7-4-3-5-8-11/h3-5,7-8,12-14H,6,9-10H2,1-2H3/t12-/m1/s1. The van der Waals surface area contributed by atoms with Crippen LogP contribution in [-0.4, -0.2) is 38.3 Å². The Balaban J connectivity index is 2.16. The van der Waals surface area contributed by atoms with Crippen molar-refractivity contribution in [1.82, 2.24) is 0 Å². The molecular weight excluding hydrogens is 220 g/mol. The molecule has 0 aliphatic heterocycles. The lowest BCUT2D eigenvalue weighted by molar-refractivity contribution is -0.166. The van der Waals surface area contributed by atoms with Crippen LogP contribution in [-0.2, 0) is 9.47 Å². The van der Waals surface area contributed by atoms with Gasteiger partial charge in [0.05, 0.1) is 6.61 Å². The highest BCUT2D eigenvalue weighted by Crippen LogP contribution is 2.10. The Bertz CT molecular complexity index is 285. The third-order valence-electron chi connectivity index (χ3n) is 2.43. The van der Waals surface area contributed by atoms with Crippen LogP contribution in [0.25, 0.3) is 0 Å². The predicted molar refractivity (Wildman–Crippen MR) is 65.0 cm³/mol. The Morgan fingerprint density at radius 2 is 1.76 bits per heavy atom. The first-order valence-corrected chi connectivity index (χ1v) is 5.69. The molecule has 1 aromatic rings. The van der Waals surface area contributed by atoms with Gasteiger partial charge in [0.25, 0.3) is 0 Å². The summed E-state index contributed by atoms with van der Waals surface area (Å²) in [5, 5.41) is 9.70. The van der Waals surface area contributed by atoms with Gasteiger partial charge in [-0.25, -0.2) is 0 Å². The van der Waals surface area contributed by atoms with Crippen molar-refractivity contribution in [2.75, 3.05) is 20.8 Å². The van der Waals surface area contributed by atoms with E-state index in [2.05, 4.69) is 0 Å². The van der Waals surface area contributed by atoms with Gasteiger partial charge in [-0.05, 0) is 25.0 Å². The first kappa shape index (κ1) is 14.0. The van der Waals surface area contributed by atoms with Crippen molar-refractivity contribution >= 4 is 0 Å². The minimum atomic E-state index is -0.621. The summed E-state index contributed by atoms with van der Waals surface area (Å²) in [5.41, 5.74) is 0. The predicted octanol–water partition coefficient (Wildman–Crippen LogP) is 1.83. The SMILES string of the molecule is COC(OC)[C@H](O)CCCOc1ccccc1. The summed E-state index contributed by atoms with van der Waals surface area (Å²) in [4.78, 5) is 0. The molecule has 0 amide bonds. The average molecular weight is 240 g/mol. The van der Waals surface area contributed by atoms with E-state index in [1.54, 1.807) is 0 Å². The Labute approximate surface area is 102 Å². The molecule has 0 aliphatic rings. The topological polar surface area (TPSA) is 47.9 Å². The second-order valence-electron chi connectivity index (χ2n) is 3.71. The number of benzene rings is 1. The molecule has 1 rings (SSSR count). The van der Waals surface area contributed by atoms with Crippen LogP contribution in [0.5, 0.6) is 5.75 Å². The lowest BCUT2D eigenvalue weighted by Crippen LogP contribution is -2.29. The molecule has 17 heavy (non-hydrogen) atoms. The Kier molecular flexibility index (Phi) is 6.62. The summed E-state index contributed by atoms with van der Waals surface area (Å²) >= 11 is 0. The lowest BCUT2D eigenvalue weighted by Gasteiger charge is -2.19. The molecule has 96 valence electrons. The summed E-state index contributed by atoms with van der Waals surface area (Å²) in [6, 6.07) is 9.61. The molecule has 1 atom stereocenters. The van der Waals surface area contributed by atoms with Crippen molar-refractivity contribution in [3.8, 4) is 5.75 Å². The molecule has 0 bridgehead atoms. The quantitative estimate of drug-likeness (QED) is 0.556. The van der Waals surface area contributed by atoms with Crippen molar-refractivity contribution in [2.45, 2.75) is 25.2 Å². The number of para-hydroxylation sites is 1. The first-order valence-electron chi connectivity index (χ1n) is 5.69. The number of rotatable bonds is 8. The molecule has 1 N–H and O–H groups in total. The van der Waals surface area contributed by atoms with Crippen LogP contribution in [0.2, 0.25) is 0 Å². The zero-order valence-electron chi connectivity index (χ0n) is 10.3. The molecule has 0 saturated heterocycles. The molecular formula is C13H20O4. The van der Waals surface area contributed by atoms with Gasteiger partial charge < -0.3 is 19.3 Å². The fourth-order valence-corrected chi connectivity index (χ4v) is 1.55. The highest BCUT2D eigenvalue weighted by molar-refractivity contribution is 5.20. The minimum absolute atomic E-state index is 0.563. The summed E-state index contributed by atoms with van der Waals surface area (Å²) in [7, 11) is 3.02. The molecule has 4 heteroatoms. The molecule has 0 fully saturated rings. The van der Waals surface area contributed by atoms with Crippen molar-refractivity contribution in [3.63, 3.8) is 0 Å². The number of hydrogen-bond donors (Lipinski definition) is 1. The van der Waals surface area contributed by atoms with Gasteiger partial charge in [-0.3, -0.25) is 0 Å². The van der Waals surface area contributed by atoms with Gasteiger partial charge in [0.15, 0.2) is 6.29 Å². The third kappa shape index (κ3) is 5.17. The monoisotopic (exact) mass is 240 g/mol. The number of ether oxygens (including phenoxy) is 3. The van der Waals surface area contributed by atoms with Gasteiger partial charge in [-0.15, -0.1) is 0 Å². The van der Waals surface area contributed by atoms with E-state index < -0.39 is 12.4 Å². The fourth-order valence-electron chi connectivity index (χ4n) is 1.55. The number of hydrogen-bond acceptors (Lipinski definition) is 4. The molecule has 0 aromatic heterocycles. The highest BCUT2D eigenvalue weighted by atomic mass is 16.7. The van der Waals surface area contributed by atoms with Crippen molar-refractivity contribution < 1.29 is 19.3 Å². The van der Waals surface area contributed by atoms with E-state index in [1.165, 1.54) is 14.2 Å². The average Bonchev–Trinajstić information content (AvgIpc) is 2.37. The van der Waals surface area contributed by atoms with Crippen LogP contribution in [0.15, 0.2) is 30.3 Å². The van der Waals surface area contributed by atoms with Crippen molar-refractivity contribution in [3.05, 3.63) is 30.3 Å². The van der Waals surface area contributed by atoms with E-state index in [4.69, 9.17) is 14.2 Å². The van der Waals surface area contributed by atoms with E-state index in [-0.39, 0.29) is 0 Å². The Morgan fingerprint density at radius 3 is 2.35 bits per heavy atom. The molecule has 0 spiro atoms. The van der Waals surface area contributed by atoms with Crippen LogP contribution >= 0.6 is 0 Å². The Morgan fingerprint density at radius 1 is 1.12 bits per heavy atom. The van der Waals surface area contributed by atoms with Gasteiger partial charge >= 0.3 is 0 Å². The van der Waals surface area contributed by atoms with Gasteiger partial charge in [-0.1, -0.05) is 18.2 Å². The van der Waals surface area contributed by atoms with E-state index in [9.17, 15) is 5.11 Å². The minimum Gasteiger partial charge on any atom is -0.494 e. The maximum atomic E-state index is 9.70. The maximum Gasteiger partial charge on any atom is 0.182 e. The molecule has 0 radical (unpaired) electrons. The largest absolute Gasteiger partial charge is 0.494 e. The number of aliphatic hydroxyl groups is 1. The van der Waals surface area contributed by atoms with E-state index in [0.29, 0.717) is 13.0 Å². The van der Waals surface area contributed by atoms with Crippen LogP contribution in [0.1, 0.15) is 12.8 Å².